The highest BCUT2D eigenvalue weighted by molar-refractivity contribution is 6.22. The van der Waals surface area contributed by atoms with E-state index in [9.17, 15) is 23.1 Å². The summed E-state index contributed by atoms with van der Waals surface area (Å²) < 4.78 is 37.5. The SMILES string of the molecule is Nc1ccccc1/C(=C/c1ccc(C(F)(F)F)cc1)C(=O)O. The van der Waals surface area contributed by atoms with Crippen LogP contribution in [-0.4, -0.2) is 11.1 Å². The summed E-state index contributed by atoms with van der Waals surface area (Å²) in [4.78, 5) is 11.4. The van der Waals surface area contributed by atoms with E-state index in [1.54, 1.807) is 24.3 Å². The number of halogens is 3. The van der Waals surface area contributed by atoms with Gasteiger partial charge in [0.2, 0.25) is 0 Å². The summed E-state index contributed by atoms with van der Waals surface area (Å²) in [5.74, 6) is -1.21. The molecule has 0 aromatic heterocycles. The van der Waals surface area contributed by atoms with Crippen LogP contribution in [-0.2, 0) is 11.0 Å². The van der Waals surface area contributed by atoms with E-state index >= 15 is 0 Å². The molecular formula is C16H12F3NO2. The predicted molar refractivity (Wildman–Crippen MR) is 77.8 cm³/mol. The molecule has 0 aliphatic rings. The van der Waals surface area contributed by atoms with Crippen LogP contribution in [0.5, 0.6) is 0 Å². The van der Waals surface area contributed by atoms with E-state index in [0.29, 0.717) is 11.1 Å². The van der Waals surface area contributed by atoms with Crippen molar-refractivity contribution >= 4 is 23.3 Å². The number of hydrogen-bond donors (Lipinski definition) is 2. The number of alkyl halides is 3. The fourth-order valence-corrected chi connectivity index (χ4v) is 1.93. The van der Waals surface area contributed by atoms with Crippen molar-refractivity contribution in [3.8, 4) is 0 Å². The summed E-state index contributed by atoms with van der Waals surface area (Å²) in [6, 6.07) is 10.6. The Balaban J connectivity index is 2.44. The molecule has 3 nitrogen and oxygen atoms in total. The van der Waals surface area contributed by atoms with Gasteiger partial charge in [-0.05, 0) is 29.8 Å². The molecule has 0 saturated heterocycles. The molecule has 0 unspecified atom stereocenters. The van der Waals surface area contributed by atoms with E-state index < -0.39 is 17.7 Å². The number of benzene rings is 2. The predicted octanol–water partition coefficient (Wildman–Crippen LogP) is 3.91. The fourth-order valence-electron chi connectivity index (χ4n) is 1.93. The lowest BCUT2D eigenvalue weighted by atomic mass is 10.0. The van der Waals surface area contributed by atoms with Gasteiger partial charge in [-0.3, -0.25) is 0 Å². The Kier molecular flexibility index (Phi) is 4.21. The summed E-state index contributed by atoms with van der Waals surface area (Å²) in [6.45, 7) is 0. The molecule has 0 bridgehead atoms. The number of aliphatic carboxylic acids is 1. The largest absolute Gasteiger partial charge is 0.478 e. The first-order valence-corrected chi connectivity index (χ1v) is 6.26. The van der Waals surface area contributed by atoms with Crippen LogP contribution in [0, 0.1) is 0 Å². The Hall–Kier alpha value is -2.76. The van der Waals surface area contributed by atoms with E-state index in [-0.39, 0.29) is 11.3 Å². The molecular weight excluding hydrogens is 295 g/mol. The van der Waals surface area contributed by atoms with Gasteiger partial charge in [-0.1, -0.05) is 30.3 Å². The zero-order valence-electron chi connectivity index (χ0n) is 11.3. The Labute approximate surface area is 124 Å². The highest BCUT2D eigenvalue weighted by atomic mass is 19.4. The Morgan fingerprint density at radius 1 is 1.05 bits per heavy atom. The maximum atomic E-state index is 12.5. The third-order valence-electron chi connectivity index (χ3n) is 3.03. The summed E-state index contributed by atoms with van der Waals surface area (Å²) >= 11 is 0. The molecule has 6 heteroatoms. The minimum Gasteiger partial charge on any atom is -0.478 e. The summed E-state index contributed by atoms with van der Waals surface area (Å²) in [5, 5.41) is 9.29. The molecule has 22 heavy (non-hydrogen) atoms. The van der Waals surface area contributed by atoms with Crippen molar-refractivity contribution < 1.29 is 23.1 Å². The van der Waals surface area contributed by atoms with Crippen molar-refractivity contribution in [1.29, 1.82) is 0 Å². The number of anilines is 1. The van der Waals surface area contributed by atoms with Gasteiger partial charge in [0.25, 0.3) is 0 Å². The van der Waals surface area contributed by atoms with Crippen molar-refractivity contribution in [2.75, 3.05) is 5.73 Å². The van der Waals surface area contributed by atoms with Crippen LogP contribution in [0.1, 0.15) is 16.7 Å². The average Bonchev–Trinajstić information content (AvgIpc) is 2.45. The summed E-state index contributed by atoms with van der Waals surface area (Å²) in [5.41, 5.74) is 5.80. The molecule has 0 aliphatic heterocycles. The standard InChI is InChI=1S/C16H12F3NO2/c17-16(18,19)11-7-5-10(6-8-11)9-13(15(21)22)12-3-1-2-4-14(12)20/h1-9H,20H2,(H,21,22)/b13-9-. The second kappa shape index (κ2) is 5.93. The van der Waals surface area contributed by atoms with Crippen molar-refractivity contribution in [1.82, 2.24) is 0 Å². The van der Waals surface area contributed by atoms with E-state index in [1.807, 2.05) is 0 Å². The summed E-state index contributed by atoms with van der Waals surface area (Å²) in [7, 11) is 0. The first kappa shape index (κ1) is 15.6. The lowest BCUT2D eigenvalue weighted by Crippen LogP contribution is -2.04. The maximum absolute atomic E-state index is 12.5. The Morgan fingerprint density at radius 2 is 1.64 bits per heavy atom. The number of rotatable bonds is 3. The van der Waals surface area contributed by atoms with Gasteiger partial charge in [0.1, 0.15) is 0 Å². The molecule has 114 valence electrons. The molecule has 0 amide bonds. The summed E-state index contributed by atoms with van der Waals surface area (Å²) in [6.07, 6.45) is -3.14. The fraction of sp³-hybridized carbons (Fsp3) is 0.0625. The van der Waals surface area contributed by atoms with Gasteiger partial charge in [0.15, 0.2) is 0 Å². The first-order chi connectivity index (χ1) is 10.3. The number of nitrogens with two attached hydrogens (primary N) is 1. The van der Waals surface area contributed by atoms with Crippen LogP contribution < -0.4 is 5.73 Å². The van der Waals surface area contributed by atoms with Crippen LogP contribution in [0.2, 0.25) is 0 Å². The lowest BCUT2D eigenvalue weighted by Gasteiger charge is -2.08. The molecule has 2 rings (SSSR count). The second-order valence-corrected chi connectivity index (χ2v) is 4.57. The molecule has 0 fully saturated rings. The molecule has 0 heterocycles. The van der Waals surface area contributed by atoms with Gasteiger partial charge in [-0.15, -0.1) is 0 Å². The lowest BCUT2D eigenvalue weighted by molar-refractivity contribution is -0.137. The monoisotopic (exact) mass is 307 g/mol. The molecule has 0 aliphatic carbocycles. The van der Waals surface area contributed by atoms with Crippen LogP contribution in [0.15, 0.2) is 48.5 Å². The van der Waals surface area contributed by atoms with E-state index in [0.717, 1.165) is 12.1 Å². The van der Waals surface area contributed by atoms with Crippen molar-refractivity contribution in [3.63, 3.8) is 0 Å². The topological polar surface area (TPSA) is 63.3 Å². The van der Waals surface area contributed by atoms with Crippen molar-refractivity contribution in [3.05, 3.63) is 65.2 Å². The van der Waals surface area contributed by atoms with Crippen molar-refractivity contribution in [2.45, 2.75) is 6.18 Å². The van der Waals surface area contributed by atoms with E-state index in [1.165, 1.54) is 18.2 Å². The van der Waals surface area contributed by atoms with Gasteiger partial charge in [-0.2, -0.15) is 13.2 Å². The van der Waals surface area contributed by atoms with Crippen LogP contribution in [0.3, 0.4) is 0 Å². The second-order valence-electron chi connectivity index (χ2n) is 4.57. The minimum atomic E-state index is -4.43. The molecule has 2 aromatic rings. The van der Waals surface area contributed by atoms with Gasteiger partial charge in [-0.25, -0.2) is 4.79 Å². The highest BCUT2D eigenvalue weighted by Crippen LogP contribution is 2.30. The molecule has 0 saturated carbocycles. The van der Waals surface area contributed by atoms with Crippen molar-refractivity contribution in [2.24, 2.45) is 0 Å². The number of para-hydroxylation sites is 1. The Bertz CT molecular complexity index is 719. The number of carbonyl (C=O) groups is 1. The third kappa shape index (κ3) is 3.46. The number of carboxylic acid groups (broad SMARTS) is 1. The number of hydrogen-bond acceptors (Lipinski definition) is 2. The van der Waals surface area contributed by atoms with Gasteiger partial charge < -0.3 is 10.8 Å². The molecule has 0 atom stereocenters. The van der Waals surface area contributed by atoms with Gasteiger partial charge in [0, 0.05) is 11.3 Å². The molecule has 2 aromatic carbocycles. The highest BCUT2D eigenvalue weighted by Gasteiger charge is 2.29. The van der Waals surface area contributed by atoms with Gasteiger partial charge in [0.05, 0.1) is 11.1 Å². The van der Waals surface area contributed by atoms with Crippen LogP contribution >= 0.6 is 0 Å². The minimum absolute atomic E-state index is 0.0853. The molecule has 0 radical (unpaired) electrons. The zero-order valence-corrected chi connectivity index (χ0v) is 11.3. The average molecular weight is 307 g/mol. The number of nitrogen functional groups attached to an aromatic ring is 1. The van der Waals surface area contributed by atoms with Crippen LogP contribution in [0.25, 0.3) is 11.6 Å². The first-order valence-electron chi connectivity index (χ1n) is 6.26. The smallest absolute Gasteiger partial charge is 0.416 e. The van der Waals surface area contributed by atoms with Crippen LogP contribution in [0.4, 0.5) is 18.9 Å². The van der Waals surface area contributed by atoms with E-state index in [2.05, 4.69) is 0 Å². The number of carboxylic acids is 1. The van der Waals surface area contributed by atoms with E-state index in [4.69, 9.17) is 5.73 Å². The van der Waals surface area contributed by atoms with Gasteiger partial charge >= 0.3 is 12.1 Å². The Morgan fingerprint density at radius 3 is 2.14 bits per heavy atom. The quantitative estimate of drug-likeness (QED) is 0.513. The molecule has 0 spiro atoms. The maximum Gasteiger partial charge on any atom is 0.416 e. The normalized spacial score (nSPS) is 12.2. The zero-order chi connectivity index (χ0) is 16.3. The third-order valence-corrected chi connectivity index (χ3v) is 3.03. The molecule has 3 N–H and O–H groups in total.